The van der Waals surface area contributed by atoms with Crippen molar-refractivity contribution >= 4 is 38.6 Å². The van der Waals surface area contributed by atoms with Crippen molar-refractivity contribution in [1.82, 2.24) is 4.98 Å². The summed E-state index contributed by atoms with van der Waals surface area (Å²) >= 11 is 0. The number of fused-ring (bicyclic) bond motifs is 4. The Bertz CT molecular complexity index is 2310. The van der Waals surface area contributed by atoms with Crippen LogP contribution in [0.15, 0.2) is 170 Å². The van der Waals surface area contributed by atoms with Gasteiger partial charge in [-0.15, -0.1) is 0 Å². The maximum absolute atomic E-state index is 4.30. The molecular weight excluding hydrogens is 569 g/mol. The van der Waals surface area contributed by atoms with E-state index in [1.807, 2.05) is 32.3 Å². The fourth-order valence-electron chi connectivity index (χ4n) is 6.97. The van der Waals surface area contributed by atoms with Gasteiger partial charge in [0.2, 0.25) is 0 Å². The molecule has 47 heavy (non-hydrogen) atoms. The highest BCUT2D eigenvalue weighted by Gasteiger charge is 2.23. The Labute approximate surface area is 276 Å². The molecule has 0 aliphatic heterocycles. The first-order chi connectivity index (χ1) is 23.3. The monoisotopic (exact) mass is 602 g/mol. The molecule has 2 nitrogen and oxygen atoms in total. The zero-order chi connectivity index (χ0) is 31.7. The molecule has 0 saturated heterocycles. The summed E-state index contributed by atoms with van der Waals surface area (Å²) in [5.74, 6) is 0. The van der Waals surface area contributed by atoms with Crippen molar-refractivity contribution < 1.29 is 0 Å². The molecule has 224 valence electrons. The zero-order valence-corrected chi connectivity index (χ0v) is 26.6. The number of rotatable bonds is 5. The van der Waals surface area contributed by atoms with Gasteiger partial charge in [0.05, 0.1) is 0 Å². The second-order valence-electron chi connectivity index (χ2n) is 11.6. The van der Waals surface area contributed by atoms with Crippen LogP contribution in [-0.2, 0) is 0 Å². The fourth-order valence-corrected chi connectivity index (χ4v) is 6.97. The molecule has 7 aromatic carbocycles. The van der Waals surface area contributed by atoms with Gasteiger partial charge in [0.25, 0.3) is 0 Å². The van der Waals surface area contributed by atoms with Gasteiger partial charge < -0.3 is 4.90 Å². The number of benzene rings is 7. The lowest BCUT2D eigenvalue weighted by Crippen LogP contribution is -2.09. The third kappa shape index (κ3) is 4.95. The van der Waals surface area contributed by atoms with Crippen LogP contribution in [0.25, 0.3) is 66.1 Å². The highest BCUT2D eigenvalue weighted by Crippen LogP contribution is 2.50. The maximum Gasteiger partial charge on any atom is 0.0467 e. The first kappa shape index (κ1) is 28.5. The number of pyridine rings is 1. The Morgan fingerprint density at radius 1 is 0.404 bits per heavy atom. The van der Waals surface area contributed by atoms with Crippen LogP contribution < -0.4 is 4.90 Å². The molecule has 0 saturated carbocycles. The molecule has 0 amide bonds. The lowest BCUT2D eigenvalue weighted by molar-refractivity contribution is 1.28. The van der Waals surface area contributed by atoms with E-state index in [0.29, 0.717) is 0 Å². The largest absolute Gasteiger partial charge is 0.310 e. The summed E-state index contributed by atoms with van der Waals surface area (Å²) in [5.41, 5.74) is 13.3. The topological polar surface area (TPSA) is 16.1 Å². The van der Waals surface area contributed by atoms with Crippen molar-refractivity contribution in [3.8, 4) is 44.5 Å². The standard InChI is InChI=1S/C43H28N2.C2H6/c1-2-13-34(14-3-1)45(35-20-18-29(19-21-35)33-12-8-24-44-28-33)36-15-6-11-32(25-36)37-22-23-40-42-27-31-10-5-4-9-30(31)26-41(42)39-17-7-16-38(37)43(39)40;1-2/h1-28H;1-2H3. The predicted octanol–water partition coefficient (Wildman–Crippen LogP) is 12.9. The molecule has 0 atom stereocenters. The second kappa shape index (κ2) is 12.1. The Hall–Kier alpha value is -5.99. The Morgan fingerprint density at radius 3 is 1.74 bits per heavy atom. The van der Waals surface area contributed by atoms with Gasteiger partial charge >= 0.3 is 0 Å². The van der Waals surface area contributed by atoms with E-state index in [2.05, 4.69) is 162 Å². The molecule has 1 aliphatic rings. The molecule has 0 unspecified atom stereocenters. The molecule has 0 spiro atoms. The van der Waals surface area contributed by atoms with Crippen molar-refractivity contribution in [2.24, 2.45) is 0 Å². The summed E-state index contributed by atoms with van der Waals surface area (Å²) in [5, 5.41) is 5.19. The van der Waals surface area contributed by atoms with Gasteiger partial charge in [-0.3, -0.25) is 4.98 Å². The fraction of sp³-hybridized carbons (Fsp3) is 0.0444. The molecule has 0 radical (unpaired) electrons. The van der Waals surface area contributed by atoms with Crippen molar-refractivity contribution in [3.05, 3.63) is 170 Å². The highest BCUT2D eigenvalue weighted by atomic mass is 15.1. The minimum atomic E-state index is 1.11. The Balaban J connectivity index is 0.00000159. The normalized spacial score (nSPS) is 11.2. The third-order valence-electron chi connectivity index (χ3n) is 9.06. The van der Waals surface area contributed by atoms with Crippen LogP contribution in [0.2, 0.25) is 0 Å². The summed E-state index contributed by atoms with van der Waals surface area (Å²) in [6.45, 7) is 4.00. The quantitative estimate of drug-likeness (QED) is 0.195. The van der Waals surface area contributed by atoms with Gasteiger partial charge in [-0.1, -0.05) is 117 Å². The molecule has 8 aromatic rings. The molecule has 1 heterocycles. The minimum Gasteiger partial charge on any atom is -0.310 e. The van der Waals surface area contributed by atoms with Crippen molar-refractivity contribution in [1.29, 1.82) is 0 Å². The van der Waals surface area contributed by atoms with Gasteiger partial charge in [-0.25, -0.2) is 0 Å². The van der Waals surface area contributed by atoms with Gasteiger partial charge in [-0.05, 0) is 121 Å². The minimum absolute atomic E-state index is 1.11. The average molecular weight is 603 g/mol. The summed E-state index contributed by atoms with van der Waals surface area (Å²) in [4.78, 5) is 6.63. The lowest BCUT2D eigenvalue weighted by atomic mass is 9.94. The van der Waals surface area contributed by atoms with Crippen LogP contribution in [0.5, 0.6) is 0 Å². The van der Waals surface area contributed by atoms with Crippen LogP contribution in [0.4, 0.5) is 17.1 Å². The molecule has 9 rings (SSSR count). The first-order valence-electron chi connectivity index (χ1n) is 16.4. The van der Waals surface area contributed by atoms with Gasteiger partial charge in [0.1, 0.15) is 0 Å². The van der Waals surface area contributed by atoms with Gasteiger partial charge in [0.15, 0.2) is 0 Å². The van der Waals surface area contributed by atoms with E-state index >= 15 is 0 Å². The summed E-state index contributed by atoms with van der Waals surface area (Å²) in [7, 11) is 0. The van der Waals surface area contributed by atoms with Gasteiger partial charge in [-0.2, -0.15) is 0 Å². The summed E-state index contributed by atoms with van der Waals surface area (Å²) < 4.78 is 0. The zero-order valence-electron chi connectivity index (χ0n) is 26.6. The molecule has 0 N–H and O–H groups in total. The van der Waals surface area contributed by atoms with E-state index < -0.39 is 0 Å². The molecule has 0 bridgehead atoms. The van der Waals surface area contributed by atoms with Crippen LogP contribution in [0.3, 0.4) is 0 Å². The van der Waals surface area contributed by atoms with E-state index in [1.165, 1.54) is 54.9 Å². The summed E-state index contributed by atoms with van der Waals surface area (Å²) in [6.07, 6.45) is 3.72. The predicted molar refractivity (Wildman–Crippen MR) is 201 cm³/mol. The van der Waals surface area contributed by atoms with E-state index in [9.17, 15) is 0 Å². The second-order valence-corrected chi connectivity index (χ2v) is 11.6. The van der Waals surface area contributed by atoms with Crippen LogP contribution >= 0.6 is 0 Å². The average Bonchev–Trinajstić information content (AvgIpc) is 3.46. The highest BCUT2D eigenvalue weighted by molar-refractivity contribution is 6.20. The third-order valence-corrected chi connectivity index (χ3v) is 9.06. The van der Waals surface area contributed by atoms with Gasteiger partial charge in [0, 0.05) is 29.5 Å². The number of para-hydroxylation sites is 1. The molecular formula is C45H34N2. The van der Waals surface area contributed by atoms with Crippen molar-refractivity contribution in [3.63, 3.8) is 0 Å². The first-order valence-corrected chi connectivity index (χ1v) is 16.4. The summed E-state index contributed by atoms with van der Waals surface area (Å²) in [6, 6.07) is 57.1. The number of aromatic nitrogens is 1. The number of nitrogens with zero attached hydrogens (tertiary/aromatic N) is 2. The number of hydrogen-bond acceptors (Lipinski definition) is 2. The SMILES string of the molecule is CC.c1ccc(N(c2ccc(-c3cccnc3)cc2)c2cccc(-c3ccc4c5c(cccc35)-c3cc5ccccc5cc3-4)c2)cc1. The molecule has 2 heteroatoms. The van der Waals surface area contributed by atoms with Crippen LogP contribution in [0, 0.1) is 0 Å². The molecule has 0 fully saturated rings. The number of hydrogen-bond donors (Lipinski definition) is 0. The molecule has 1 aliphatic carbocycles. The van der Waals surface area contributed by atoms with Crippen LogP contribution in [0.1, 0.15) is 13.8 Å². The van der Waals surface area contributed by atoms with E-state index in [4.69, 9.17) is 0 Å². The maximum atomic E-state index is 4.30. The van der Waals surface area contributed by atoms with Crippen LogP contribution in [-0.4, -0.2) is 4.98 Å². The Morgan fingerprint density at radius 2 is 1.02 bits per heavy atom. The smallest absolute Gasteiger partial charge is 0.0467 e. The number of anilines is 3. The van der Waals surface area contributed by atoms with E-state index in [0.717, 1.165) is 28.2 Å². The lowest BCUT2D eigenvalue weighted by Gasteiger charge is -2.26. The van der Waals surface area contributed by atoms with Crippen molar-refractivity contribution in [2.75, 3.05) is 4.90 Å². The Kier molecular flexibility index (Phi) is 7.32. The van der Waals surface area contributed by atoms with Crippen molar-refractivity contribution in [2.45, 2.75) is 13.8 Å². The van der Waals surface area contributed by atoms with E-state index in [1.54, 1.807) is 0 Å². The molecule has 1 aromatic heterocycles. The van der Waals surface area contributed by atoms with E-state index in [-0.39, 0.29) is 0 Å².